The predicted octanol–water partition coefficient (Wildman–Crippen LogP) is 1.85. The summed E-state index contributed by atoms with van der Waals surface area (Å²) in [5.74, 6) is 0.867. The molecule has 0 saturated carbocycles. The third-order valence-corrected chi connectivity index (χ3v) is 4.15. The van der Waals surface area contributed by atoms with Crippen LogP contribution in [0.3, 0.4) is 0 Å². The Morgan fingerprint density at radius 2 is 2.10 bits per heavy atom. The maximum atomic E-state index is 10.3. The SMILES string of the molecule is COc1ccc(C(O)CCN2CCC(N)CC2)cc1C. The Kier molecular flexibility index (Phi) is 5.40. The van der Waals surface area contributed by atoms with Gasteiger partial charge in [0, 0.05) is 12.6 Å². The quantitative estimate of drug-likeness (QED) is 0.863. The molecule has 0 bridgehead atoms. The Hall–Kier alpha value is -1.10. The Labute approximate surface area is 121 Å². The molecule has 1 aromatic rings. The van der Waals surface area contributed by atoms with Crippen molar-refractivity contribution in [3.63, 3.8) is 0 Å². The van der Waals surface area contributed by atoms with E-state index in [1.807, 2.05) is 25.1 Å². The predicted molar refractivity (Wildman–Crippen MR) is 81.0 cm³/mol. The number of hydrogen-bond acceptors (Lipinski definition) is 4. The Morgan fingerprint density at radius 1 is 1.40 bits per heavy atom. The van der Waals surface area contributed by atoms with E-state index in [4.69, 9.17) is 10.5 Å². The van der Waals surface area contributed by atoms with Gasteiger partial charge >= 0.3 is 0 Å². The fraction of sp³-hybridized carbons (Fsp3) is 0.625. The van der Waals surface area contributed by atoms with Crippen molar-refractivity contribution < 1.29 is 9.84 Å². The van der Waals surface area contributed by atoms with Gasteiger partial charge < -0.3 is 20.5 Å². The lowest BCUT2D eigenvalue weighted by molar-refractivity contribution is 0.131. The van der Waals surface area contributed by atoms with E-state index < -0.39 is 6.10 Å². The molecule has 20 heavy (non-hydrogen) atoms. The average molecular weight is 278 g/mol. The highest BCUT2D eigenvalue weighted by Gasteiger charge is 2.17. The molecule has 2 rings (SSSR count). The molecule has 1 aliphatic heterocycles. The van der Waals surface area contributed by atoms with E-state index in [2.05, 4.69) is 4.90 Å². The molecule has 0 aromatic heterocycles. The minimum absolute atomic E-state index is 0.361. The highest BCUT2D eigenvalue weighted by atomic mass is 16.5. The van der Waals surface area contributed by atoms with E-state index in [1.54, 1.807) is 7.11 Å². The van der Waals surface area contributed by atoms with E-state index in [0.717, 1.165) is 55.8 Å². The molecule has 0 radical (unpaired) electrons. The lowest BCUT2D eigenvalue weighted by Crippen LogP contribution is -2.40. The molecule has 1 fully saturated rings. The summed E-state index contributed by atoms with van der Waals surface area (Å²) in [6.07, 6.45) is 2.49. The molecule has 0 amide bonds. The number of hydrogen-bond donors (Lipinski definition) is 2. The van der Waals surface area contributed by atoms with Gasteiger partial charge in [0.25, 0.3) is 0 Å². The zero-order chi connectivity index (χ0) is 14.5. The van der Waals surface area contributed by atoms with Crippen molar-refractivity contribution in [2.45, 2.75) is 38.3 Å². The molecule has 3 N–H and O–H groups in total. The maximum absolute atomic E-state index is 10.3. The van der Waals surface area contributed by atoms with Crippen molar-refractivity contribution in [3.05, 3.63) is 29.3 Å². The zero-order valence-corrected chi connectivity index (χ0v) is 12.5. The third kappa shape index (κ3) is 3.95. The van der Waals surface area contributed by atoms with Crippen LogP contribution in [-0.2, 0) is 0 Å². The van der Waals surface area contributed by atoms with E-state index in [0.29, 0.717) is 6.04 Å². The summed E-state index contributed by atoms with van der Waals surface area (Å²) in [7, 11) is 1.67. The summed E-state index contributed by atoms with van der Waals surface area (Å²) in [6.45, 7) is 5.03. The molecule has 1 saturated heterocycles. The fourth-order valence-corrected chi connectivity index (χ4v) is 2.76. The summed E-state index contributed by atoms with van der Waals surface area (Å²) in [4.78, 5) is 2.39. The first-order chi connectivity index (χ1) is 9.60. The number of benzene rings is 1. The molecular weight excluding hydrogens is 252 g/mol. The van der Waals surface area contributed by atoms with Gasteiger partial charge in [0.1, 0.15) is 5.75 Å². The van der Waals surface area contributed by atoms with Crippen LogP contribution in [0.1, 0.15) is 36.5 Å². The van der Waals surface area contributed by atoms with Gasteiger partial charge in [0.05, 0.1) is 13.2 Å². The largest absolute Gasteiger partial charge is 0.496 e. The molecule has 0 spiro atoms. The van der Waals surface area contributed by atoms with E-state index >= 15 is 0 Å². The normalized spacial score (nSPS) is 19.0. The van der Waals surface area contributed by atoms with Gasteiger partial charge in [-0.2, -0.15) is 0 Å². The van der Waals surface area contributed by atoms with Gasteiger partial charge in [-0.15, -0.1) is 0 Å². The van der Waals surface area contributed by atoms with Crippen molar-refractivity contribution in [1.82, 2.24) is 4.90 Å². The first-order valence-electron chi connectivity index (χ1n) is 7.40. The van der Waals surface area contributed by atoms with Crippen LogP contribution in [0.5, 0.6) is 5.75 Å². The number of nitrogens with zero attached hydrogens (tertiary/aromatic N) is 1. The topological polar surface area (TPSA) is 58.7 Å². The number of piperidine rings is 1. The summed E-state index contributed by atoms with van der Waals surface area (Å²) >= 11 is 0. The fourth-order valence-electron chi connectivity index (χ4n) is 2.76. The number of aliphatic hydroxyl groups is 1. The Bertz CT molecular complexity index is 428. The second kappa shape index (κ2) is 7.07. The van der Waals surface area contributed by atoms with Crippen molar-refractivity contribution >= 4 is 0 Å². The number of ether oxygens (including phenoxy) is 1. The van der Waals surface area contributed by atoms with Gasteiger partial charge in [0.15, 0.2) is 0 Å². The minimum Gasteiger partial charge on any atom is -0.496 e. The molecule has 1 heterocycles. The molecule has 1 atom stereocenters. The van der Waals surface area contributed by atoms with Crippen LogP contribution in [-0.4, -0.2) is 42.8 Å². The lowest BCUT2D eigenvalue weighted by atomic mass is 10.0. The lowest BCUT2D eigenvalue weighted by Gasteiger charge is -2.30. The Morgan fingerprint density at radius 3 is 2.70 bits per heavy atom. The van der Waals surface area contributed by atoms with Crippen molar-refractivity contribution in [3.8, 4) is 5.75 Å². The summed E-state index contributed by atoms with van der Waals surface area (Å²) in [6, 6.07) is 6.24. The molecule has 1 aromatic carbocycles. The molecular formula is C16H26N2O2. The van der Waals surface area contributed by atoms with Crippen LogP contribution in [0.2, 0.25) is 0 Å². The number of nitrogens with two attached hydrogens (primary N) is 1. The average Bonchev–Trinajstić information content (AvgIpc) is 2.46. The first kappa shape index (κ1) is 15.3. The van der Waals surface area contributed by atoms with Crippen molar-refractivity contribution in [2.75, 3.05) is 26.7 Å². The number of aliphatic hydroxyl groups excluding tert-OH is 1. The zero-order valence-electron chi connectivity index (χ0n) is 12.5. The second-order valence-electron chi connectivity index (χ2n) is 5.71. The summed E-state index contributed by atoms with van der Waals surface area (Å²) < 4.78 is 5.24. The number of aryl methyl sites for hydroxylation is 1. The Balaban J connectivity index is 1.85. The van der Waals surface area contributed by atoms with Crippen LogP contribution in [0.4, 0.5) is 0 Å². The minimum atomic E-state index is -0.407. The summed E-state index contributed by atoms with van der Waals surface area (Å²) in [5, 5.41) is 10.3. The molecule has 4 heteroatoms. The van der Waals surface area contributed by atoms with Crippen LogP contribution < -0.4 is 10.5 Å². The molecule has 4 nitrogen and oxygen atoms in total. The van der Waals surface area contributed by atoms with Crippen LogP contribution in [0.15, 0.2) is 18.2 Å². The van der Waals surface area contributed by atoms with Crippen molar-refractivity contribution in [1.29, 1.82) is 0 Å². The van der Waals surface area contributed by atoms with Gasteiger partial charge in [0.2, 0.25) is 0 Å². The van der Waals surface area contributed by atoms with Gasteiger partial charge in [-0.1, -0.05) is 6.07 Å². The standard InChI is InChI=1S/C16H26N2O2/c1-12-11-13(3-4-16(12)20-2)15(19)7-10-18-8-5-14(17)6-9-18/h3-4,11,14-15,19H,5-10,17H2,1-2H3. The van der Waals surface area contributed by atoms with Crippen molar-refractivity contribution in [2.24, 2.45) is 5.73 Å². The number of rotatable bonds is 5. The van der Waals surface area contributed by atoms with E-state index in [-0.39, 0.29) is 0 Å². The highest BCUT2D eigenvalue weighted by molar-refractivity contribution is 5.36. The van der Waals surface area contributed by atoms with Gasteiger partial charge in [-0.05, 0) is 62.5 Å². The molecule has 0 aliphatic carbocycles. The molecule has 1 unspecified atom stereocenters. The maximum Gasteiger partial charge on any atom is 0.121 e. The van der Waals surface area contributed by atoms with Gasteiger partial charge in [-0.3, -0.25) is 0 Å². The first-order valence-corrected chi connectivity index (χ1v) is 7.40. The van der Waals surface area contributed by atoms with Crippen LogP contribution >= 0.6 is 0 Å². The second-order valence-corrected chi connectivity index (χ2v) is 5.71. The number of likely N-dealkylation sites (tertiary alicyclic amines) is 1. The number of methoxy groups -OCH3 is 1. The third-order valence-electron chi connectivity index (χ3n) is 4.15. The van der Waals surface area contributed by atoms with Crippen LogP contribution in [0.25, 0.3) is 0 Å². The highest BCUT2D eigenvalue weighted by Crippen LogP contribution is 2.24. The van der Waals surface area contributed by atoms with Crippen LogP contribution in [0, 0.1) is 6.92 Å². The molecule has 112 valence electrons. The van der Waals surface area contributed by atoms with Gasteiger partial charge in [-0.25, -0.2) is 0 Å². The summed E-state index contributed by atoms with van der Waals surface area (Å²) in [5.41, 5.74) is 7.93. The monoisotopic (exact) mass is 278 g/mol. The van der Waals surface area contributed by atoms with E-state index in [9.17, 15) is 5.11 Å². The smallest absolute Gasteiger partial charge is 0.121 e. The van der Waals surface area contributed by atoms with E-state index in [1.165, 1.54) is 0 Å². The molecule has 1 aliphatic rings.